The second-order valence-electron chi connectivity index (χ2n) is 22.9. The van der Waals surface area contributed by atoms with Crippen LogP contribution in [0.5, 0.6) is 0 Å². The van der Waals surface area contributed by atoms with Crippen LogP contribution in [0.4, 0.5) is 25.8 Å². The van der Waals surface area contributed by atoms with Crippen molar-refractivity contribution in [2.24, 2.45) is 26.8 Å². The normalized spacial score (nSPS) is 23.1. The summed E-state index contributed by atoms with van der Waals surface area (Å²) in [4.78, 5) is 70.7. The lowest BCUT2D eigenvalue weighted by molar-refractivity contribution is -0.130. The van der Waals surface area contributed by atoms with Gasteiger partial charge < -0.3 is 54.2 Å². The molecule has 2 N–H and O–H groups in total. The first-order valence-electron chi connectivity index (χ1n) is 29.5. The number of rotatable bonds is 19. The number of carbonyl (C=O) groups excluding carboxylic acids is 4. The van der Waals surface area contributed by atoms with Gasteiger partial charge in [-0.15, -0.1) is 6.42 Å². The molecule has 7 aliphatic rings. The molecule has 3 aromatic rings. The maximum absolute atomic E-state index is 16.2. The van der Waals surface area contributed by atoms with E-state index >= 15 is 4.39 Å². The van der Waals surface area contributed by atoms with Crippen LogP contribution in [0.1, 0.15) is 94.6 Å². The number of likely N-dealkylation sites (tertiary alicyclic amines) is 2. The van der Waals surface area contributed by atoms with E-state index in [1.807, 2.05) is 45.2 Å². The number of carbonyl (C=O) groups is 4. The van der Waals surface area contributed by atoms with E-state index in [-0.39, 0.29) is 30.1 Å². The molecular formula is C64H87F2N11O6. The van der Waals surface area contributed by atoms with Gasteiger partial charge in [-0.25, -0.2) is 13.8 Å². The Kier molecular flexibility index (Phi) is 24.5. The number of aldehydes is 2. The Morgan fingerprint density at radius 2 is 1.63 bits per heavy atom. The summed E-state index contributed by atoms with van der Waals surface area (Å²) in [6.45, 7) is 12.0. The first-order chi connectivity index (χ1) is 40.4. The molecule has 83 heavy (non-hydrogen) atoms. The molecule has 0 aliphatic carbocycles. The van der Waals surface area contributed by atoms with Crippen molar-refractivity contribution >= 4 is 77.6 Å². The zero-order valence-electron chi connectivity index (χ0n) is 49.6. The van der Waals surface area contributed by atoms with Gasteiger partial charge in [-0.1, -0.05) is 36.3 Å². The number of anilines is 3. The fourth-order valence-corrected chi connectivity index (χ4v) is 13.1. The molecule has 0 aromatic heterocycles. The molecule has 448 valence electrons. The molecule has 6 saturated heterocycles. The number of para-hydroxylation sites is 1. The molecule has 10 rings (SSSR count). The third-order valence-electron chi connectivity index (χ3n) is 17.1. The monoisotopic (exact) mass is 1140 g/mol. The number of hydrogen-bond donors (Lipinski definition) is 2. The van der Waals surface area contributed by atoms with Crippen LogP contribution >= 0.6 is 0 Å². The van der Waals surface area contributed by atoms with Crippen LogP contribution in [0.15, 0.2) is 80.7 Å². The van der Waals surface area contributed by atoms with Crippen LogP contribution in [-0.2, 0) is 28.7 Å². The molecule has 7 aliphatic heterocycles. The highest BCUT2D eigenvalue weighted by Gasteiger charge is 2.38. The average molecular weight is 1140 g/mol. The number of methoxy groups -OCH3 is 1. The van der Waals surface area contributed by atoms with Crippen LogP contribution in [0.2, 0.25) is 0 Å². The Labute approximate surface area is 490 Å². The molecule has 7 heterocycles. The van der Waals surface area contributed by atoms with E-state index in [2.05, 4.69) is 71.0 Å². The highest BCUT2D eigenvalue weighted by Crippen LogP contribution is 2.42. The van der Waals surface area contributed by atoms with E-state index in [1.54, 1.807) is 30.5 Å². The second-order valence-corrected chi connectivity index (χ2v) is 22.9. The summed E-state index contributed by atoms with van der Waals surface area (Å²) < 4.78 is 40.6. The van der Waals surface area contributed by atoms with Gasteiger partial charge in [-0.3, -0.25) is 24.5 Å². The Balaban J connectivity index is 0.000000191. The molecule has 19 heteroatoms. The van der Waals surface area contributed by atoms with Gasteiger partial charge >= 0.3 is 0 Å². The Morgan fingerprint density at radius 3 is 2.25 bits per heavy atom. The SMILES string of the molecule is C#Cc1c(F)ccc2cccc(C3=C(F)C(=N/COC)/C(=C(\N=C)N4CC5CCC(C4)N5)C=N3)c12.CN1CCC(CC2CCN(c3cccc(N(C=O)C(C=O)CCC=O)c3N(C)C)CC2)CC1.CNC.O=COCC1CCC2CCCN21. The minimum atomic E-state index is -0.654. The van der Waals surface area contributed by atoms with Crippen LogP contribution in [-0.4, -0.2) is 191 Å². The number of benzene rings is 3. The number of piperidine rings is 2. The number of halogens is 2. The van der Waals surface area contributed by atoms with E-state index in [4.69, 9.17) is 15.9 Å². The van der Waals surface area contributed by atoms with Crippen molar-refractivity contribution in [3.05, 3.63) is 82.7 Å². The number of ether oxygens (including phenoxy) is 2. The van der Waals surface area contributed by atoms with Crippen molar-refractivity contribution in [2.75, 3.05) is 116 Å². The first kappa shape index (κ1) is 63.9. The zero-order chi connectivity index (χ0) is 59.4. The third kappa shape index (κ3) is 15.9. The number of amides is 1. The molecule has 2 bridgehead atoms. The smallest absolute Gasteiger partial charge is 0.293 e. The van der Waals surface area contributed by atoms with Gasteiger partial charge in [-0.2, -0.15) is 0 Å². The molecule has 17 nitrogen and oxygen atoms in total. The fraction of sp³-hybridized carbons (Fsp3) is 0.547. The summed E-state index contributed by atoms with van der Waals surface area (Å²) >= 11 is 0. The lowest BCUT2D eigenvalue weighted by Gasteiger charge is -2.39. The number of aliphatic imine (C=N–C) groups is 3. The molecule has 0 spiro atoms. The van der Waals surface area contributed by atoms with Gasteiger partial charge in [0.2, 0.25) is 6.41 Å². The van der Waals surface area contributed by atoms with Gasteiger partial charge in [0.15, 0.2) is 5.83 Å². The van der Waals surface area contributed by atoms with E-state index in [1.165, 1.54) is 95.5 Å². The maximum atomic E-state index is 16.2. The molecule has 6 fully saturated rings. The molecule has 5 unspecified atom stereocenters. The molecule has 5 atom stereocenters. The zero-order valence-corrected chi connectivity index (χ0v) is 49.6. The third-order valence-corrected chi connectivity index (χ3v) is 17.1. The van der Waals surface area contributed by atoms with Crippen molar-refractivity contribution in [1.82, 2.24) is 25.3 Å². The lowest BCUT2D eigenvalue weighted by atomic mass is 9.83. The summed E-state index contributed by atoms with van der Waals surface area (Å²) in [6.07, 6.45) is 23.7. The standard InChI is InChI=1S/C27H25F2N5O.C26H40N4O3.C9H15NO2.C2H7N/c1-4-19-22(28)11-8-16-6-5-7-20(23(16)19)25-24(29)26(32-15-35-3)21(12-31-25)27(30-2)34-13-17-9-10-18(14-34)33-17;1-27(2)26-24(7-4-8-25(26)30(20-33)23(19-32)6-5-17-31)29-15-11-22(12-16-29)18-21-9-13-28(3)14-10-21;11-7-12-6-9-4-3-8-2-1-5-10(8)9;1-3-2/h1,5-8,11-12,17-18,33H,2,9-10,13-15H2,3H3;4,7-8,17,19-23H,5-6,9-16,18H2,1-3H3;7-9H,1-6H2;3H,1-2H3/b27-21+,32-26+;;;. The van der Waals surface area contributed by atoms with Crippen molar-refractivity contribution in [3.63, 3.8) is 0 Å². The number of nitrogens with zero attached hydrogens (tertiary/aromatic N) is 9. The van der Waals surface area contributed by atoms with Gasteiger partial charge in [-0.05, 0) is 160 Å². The van der Waals surface area contributed by atoms with Crippen LogP contribution < -0.4 is 25.3 Å². The van der Waals surface area contributed by atoms with E-state index in [0.29, 0.717) is 77.5 Å². The number of piperazine rings is 1. The predicted molar refractivity (Wildman–Crippen MR) is 330 cm³/mol. The first-order valence-corrected chi connectivity index (χ1v) is 29.5. The molecule has 0 radical (unpaired) electrons. The van der Waals surface area contributed by atoms with Crippen LogP contribution in [0, 0.1) is 30.0 Å². The van der Waals surface area contributed by atoms with Crippen molar-refractivity contribution in [2.45, 2.75) is 114 Å². The quantitative estimate of drug-likeness (QED) is 0.0676. The van der Waals surface area contributed by atoms with Gasteiger partial charge in [0.05, 0.1) is 34.2 Å². The number of hydrogen-bond acceptors (Lipinski definition) is 16. The van der Waals surface area contributed by atoms with Crippen molar-refractivity contribution in [1.29, 1.82) is 0 Å². The molecule has 0 saturated carbocycles. The Bertz CT molecular complexity index is 2840. The number of allylic oxidation sites excluding steroid dienone is 2. The minimum Gasteiger partial charge on any atom is -0.466 e. The molecular weight excluding hydrogens is 1060 g/mol. The van der Waals surface area contributed by atoms with Crippen molar-refractivity contribution in [3.8, 4) is 12.3 Å². The number of fused-ring (bicyclic) bond motifs is 4. The van der Waals surface area contributed by atoms with E-state index < -0.39 is 17.7 Å². The minimum absolute atomic E-state index is 0.0279. The van der Waals surface area contributed by atoms with Gasteiger partial charge in [0.1, 0.15) is 49.0 Å². The maximum Gasteiger partial charge on any atom is 0.293 e. The topological polar surface area (TPSA) is 167 Å². The van der Waals surface area contributed by atoms with Gasteiger partial charge in [0.25, 0.3) is 6.47 Å². The largest absolute Gasteiger partial charge is 0.466 e. The van der Waals surface area contributed by atoms with Crippen LogP contribution in [0.25, 0.3) is 16.5 Å². The summed E-state index contributed by atoms with van der Waals surface area (Å²) in [5, 5.41) is 7.44. The Morgan fingerprint density at radius 1 is 0.928 bits per heavy atom. The Hall–Kier alpha value is -6.69. The number of terminal acetylenes is 1. The van der Waals surface area contributed by atoms with Crippen LogP contribution in [0.3, 0.4) is 0 Å². The summed E-state index contributed by atoms with van der Waals surface area (Å²) in [5.41, 5.74) is 3.74. The van der Waals surface area contributed by atoms with E-state index in [9.17, 15) is 23.6 Å². The van der Waals surface area contributed by atoms with E-state index in [0.717, 1.165) is 80.8 Å². The highest BCUT2D eigenvalue weighted by molar-refractivity contribution is 6.29. The van der Waals surface area contributed by atoms with Gasteiger partial charge in [0, 0.05) is 95.1 Å². The summed E-state index contributed by atoms with van der Waals surface area (Å²) in [5.74, 6) is 3.39. The predicted octanol–water partition coefficient (Wildman–Crippen LogP) is 7.91. The second kappa shape index (κ2) is 31.8. The molecule has 3 aromatic carbocycles. The highest BCUT2D eigenvalue weighted by atomic mass is 19.1. The fourth-order valence-electron chi connectivity index (χ4n) is 13.1. The summed E-state index contributed by atoms with van der Waals surface area (Å²) in [7, 11) is 11.4. The molecule has 1 amide bonds. The lowest BCUT2D eigenvalue weighted by Crippen LogP contribution is -2.50. The summed E-state index contributed by atoms with van der Waals surface area (Å²) in [6, 6.07) is 15.5. The average Bonchev–Trinajstić information content (AvgIpc) is 4.41. The number of nitrogens with one attached hydrogen (secondary N) is 2. The van der Waals surface area contributed by atoms with Crippen molar-refractivity contribution < 1.29 is 37.4 Å².